The molecule has 1 N–H and O–H groups in total. The Balaban J connectivity index is 1.97. The first-order valence-corrected chi connectivity index (χ1v) is 5.56. The molecule has 18 heavy (non-hydrogen) atoms. The van der Waals surface area contributed by atoms with Crippen molar-refractivity contribution in [2.45, 2.75) is 0 Å². The van der Waals surface area contributed by atoms with Gasteiger partial charge in [0, 0.05) is 6.07 Å². The van der Waals surface area contributed by atoms with E-state index >= 15 is 0 Å². The van der Waals surface area contributed by atoms with E-state index in [-0.39, 0.29) is 0 Å². The predicted octanol–water partition coefficient (Wildman–Crippen LogP) is 2.97. The smallest absolute Gasteiger partial charge is 0.120 e. The van der Waals surface area contributed by atoms with Crippen LogP contribution in [0.3, 0.4) is 0 Å². The van der Waals surface area contributed by atoms with Crippen molar-refractivity contribution in [2.24, 2.45) is 0 Å². The van der Waals surface area contributed by atoms with Gasteiger partial charge in [-0.2, -0.15) is 5.43 Å². The second kappa shape index (κ2) is 5.82. The fraction of sp³-hybridized carbons (Fsp3) is 0.143. The highest BCUT2D eigenvalue weighted by atomic mass is 16.5. The maximum atomic E-state index is 5.14. The van der Waals surface area contributed by atoms with Gasteiger partial charge in [0.1, 0.15) is 11.5 Å². The van der Waals surface area contributed by atoms with Gasteiger partial charge in [0.25, 0.3) is 0 Å². The summed E-state index contributed by atoms with van der Waals surface area (Å²) in [5.74, 6) is 1.61. The lowest BCUT2D eigenvalue weighted by molar-refractivity contribution is 0.415. The van der Waals surface area contributed by atoms with E-state index in [9.17, 15) is 0 Å². The second-order valence-electron chi connectivity index (χ2n) is 3.65. The number of nitrogens with zero attached hydrogens (tertiary/aromatic N) is 1. The van der Waals surface area contributed by atoms with Gasteiger partial charge >= 0.3 is 0 Å². The lowest BCUT2D eigenvalue weighted by Crippen LogP contribution is -2.07. The van der Waals surface area contributed by atoms with Crippen molar-refractivity contribution in [3.8, 4) is 11.5 Å². The molecule has 0 aromatic heterocycles. The van der Waals surface area contributed by atoms with Crippen molar-refractivity contribution in [1.29, 1.82) is 0 Å². The molecule has 0 saturated carbocycles. The molecule has 2 aromatic carbocycles. The van der Waals surface area contributed by atoms with Gasteiger partial charge in [0.15, 0.2) is 0 Å². The third kappa shape index (κ3) is 3.07. The van der Waals surface area contributed by atoms with Crippen LogP contribution in [-0.2, 0) is 0 Å². The molecule has 0 atom stereocenters. The maximum absolute atomic E-state index is 5.14. The van der Waals surface area contributed by atoms with E-state index in [1.807, 2.05) is 48.5 Å². The summed E-state index contributed by atoms with van der Waals surface area (Å²) in [6.07, 6.45) is 0. The minimum Gasteiger partial charge on any atom is -0.497 e. The molecule has 1 radical (unpaired) electrons. The van der Waals surface area contributed by atoms with Gasteiger partial charge < -0.3 is 9.47 Å². The number of nitrogens with one attached hydrogen (secondary N) is 1. The predicted molar refractivity (Wildman–Crippen MR) is 71.4 cm³/mol. The molecule has 0 spiro atoms. The van der Waals surface area contributed by atoms with Crippen LogP contribution in [0.15, 0.2) is 48.5 Å². The fourth-order valence-electron chi connectivity index (χ4n) is 1.48. The summed E-state index contributed by atoms with van der Waals surface area (Å²) in [6.45, 7) is 0. The topological polar surface area (TPSA) is 44.6 Å². The Morgan fingerprint density at radius 1 is 0.889 bits per heavy atom. The Morgan fingerprint density at radius 2 is 1.61 bits per heavy atom. The number of hydrogen-bond acceptors (Lipinski definition) is 3. The molecule has 4 heteroatoms. The van der Waals surface area contributed by atoms with Crippen molar-refractivity contribution < 1.29 is 9.47 Å². The summed E-state index contributed by atoms with van der Waals surface area (Å²) in [5, 5.41) is 0. The molecule has 0 heterocycles. The molecule has 0 unspecified atom stereocenters. The second-order valence-corrected chi connectivity index (χ2v) is 3.65. The number of hydrogen-bond donors (Lipinski definition) is 1. The van der Waals surface area contributed by atoms with Crippen LogP contribution in [0.5, 0.6) is 11.5 Å². The zero-order valence-corrected chi connectivity index (χ0v) is 10.4. The van der Waals surface area contributed by atoms with Gasteiger partial charge in [0.05, 0.1) is 25.6 Å². The van der Waals surface area contributed by atoms with Crippen molar-refractivity contribution in [3.63, 3.8) is 0 Å². The molecule has 0 saturated heterocycles. The van der Waals surface area contributed by atoms with Crippen LogP contribution in [0, 0.1) is 0 Å². The summed E-state index contributed by atoms with van der Waals surface area (Å²) >= 11 is 0. The van der Waals surface area contributed by atoms with Gasteiger partial charge in [-0.3, -0.25) is 5.43 Å². The number of methoxy groups -OCH3 is 2. The molecule has 0 aliphatic rings. The highest BCUT2D eigenvalue weighted by Gasteiger charge is 1.97. The minimum absolute atomic E-state index is 0.796. The number of ether oxygens (including phenoxy) is 2. The molecule has 0 amide bonds. The summed E-state index contributed by atoms with van der Waals surface area (Å²) < 4.78 is 10.2. The molecular formula is C14H15N2O2. The van der Waals surface area contributed by atoms with Crippen molar-refractivity contribution >= 4 is 11.4 Å². The Morgan fingerprint density at radius 3 is 2.28 bits per heavy atom. The molecule has 2 rings (SSSR count). The molecular weight excluding hydrogens is 228 g/mol. The van der Waals surface area contributed by atoms with Crippen LogP contribution in [0.4, 0.5) is 11.4 Å². The van der Waals surface area contributed by atoms with E-state index in [4.69, 9.17) is 9.47 Å². The van der Waals surface area contributed by atoms with Crippen molar-refractivity contribution in [1.82, 2.24) is 5.43 Å². The van der Waals surface area contributed by atoms with E-state index in [1.54, 1.807) is 14.2 Å². The number of benzene rings is 2. The Hall–Kier alpha value is -2.36. The SMILES string of the molecule is COc1ccc([N]Nc2cccc(OC)c2)cc1. The third-order valence-corrected chi connectivity index (χ3v) is 2.46. The summed E-state index contributed by atoms with van der Waals surface area (Å²) in [6, 6.07) is 15.1. The summed E-state index contributed by atoms with van der Waals surface area (Å²) in [7, 11) is 3.28. The van der Waals surface area contributed by atoms with Crippen LogP contribution in [0.1, 0.15) is 0 Å². The Labute approximate surface area is 107 Å². The Bertz CT molecular complexity index is 497. The quantitative estimate of drug-likeness (QED) is 0.821. The first-order chi connectivity index (χ1) is 8.81. The highest BCUT2D eigenvalue weighted by Crippen LogP contribution is 2.18. The van der Waals surface area contributed by atoms with Crippen LogP contribution in [-0.4, -0.2) is 14.2 Å². The maximum Gasteiger partial charge on any atom is 0.120 e. The largest absolute Gasteiger partial charge is 0.497 e. The first-order valence-electron chi connectivity index (χ1n) is 5.56. The van der Waals surface area contributed by atoms with E-state index in [1.165, 1.54) is 0 Å². The minimum atomic E-state index is 0.796. The molecule has 0 aliphatic carbocycles. The number of anilines is 1. The van der Waals surface area contributed by atoms with Gasteiger partial charge in [-0.1, -0.05) is 6.07 Å². The molecule has 93 valence electrons. The Kier molecular flexibility index (Phi) is 3.91. The van der Waals surface area contributed by atoms with E-state index in [2.05, 4.69) is 10.9 Å². The van der Waals surface area contributed by atoms with Gasteiger partial charge in [-0.05, 0) is 36.4 Å². The van der Waals surface area contributed by atoms with Gasteiger partial charge in [0.2, 0.25) is 0 Å². The highest BCUT2D eigenvalue weighted by molar-refractivity contribution is 5.50. The van der Waals surface area contributed by atoms with Crippen LogP contribution in [0.25, 0.3) is 0 Å². The van der Waals surface area contributed by atoms with Crippen molar-refractivity contribution in [2.75, 3.05) is 19.6 Å². The lowest BCUT2D eigenvalue weighted by atomic mass is 10.3. The molecule has 0 aliphatic heterocycles. The van der Waals surface area contributed by atoms with Gasteiger partial charge in [-0.15, -0.1) is 0 Å². The van der Waals surface area contributed by atoms with Crippen LogP contribution in [0.2, 0.25) is 0 Å². The van der Waals surface area contributed by atoms with Crippen molar-refractivity contribution in [3.05, 3.63) is 48.5 Å². The normalized spacial score (nSPS) is 9.67. The molecule has 2 aromatic rings. The zero-order chi connectivity index (χ0) is 12.8. The standard InChI is InChI=1S/C14H15N2O2/c1-17-13-8-6-11(7-9-13)15-16-12-4-3-5-14(10-12)18-2/h3-10,16H,1-2H3. The van der Waals surface area contributed by atoms with E-state index in [0.717, 1.165) is 22.9 Å². The molecule has 4 nitrogen and oxygen atoms in total. The fourth-order valence-corrected chi connectivity index (χ4v) is 1.48. The summed E-state index contributed by atoms with van der Waals surface area (Å²) in [4.78, 5) is 0. The van der Waals surface area contributed by atoms with Crippen LogP contribution >= 0.6 is 0 Å². The van der Waals surface area contributed by atoms with Gasteiger partial charge in [-0.25, -0.2) is 0 Å². The van der Waals surface area contributed by atoms with Crippen LogP contribution < -0.4 is 20.3 Å². The summed E-state index contributed by atoms with van der Waals surface area (Å²) in [5.41, 5.74) is 8.96. The molecule has 0 fully saturated rings. The lowest BCUT2D eigenvalue weighted by Gasteiger charge is -2.08. The monoisotopic (exact) mass is 243 g/mol. The van der Waals surface area contributed by atoms with E-state index in [0.29, 0.717) is 0 Å². The average Bonchev–Trinajstić information content (AvgIpc) is 2.46. The third-order valence-electron chi connectivity index (χ3n) is 2.46. The average molecular weight is 243 g/mol. The zero-order valence-electron chi connectivity index (χ0n) is 10.4. The number of rotatable bonds is 5. The van der Waals surface area contributed by atoms with E-state index < -0.39 is 0 Å². The first kappa shape index (κ1) is 12.1. The molecule has 0 bridgehead atoms.